The highest BCUT2D eigenvalue weighted by Crippen LogP contribution is 2.44. The molecule has 2 aromatic carbocycles. The van der Waals surface area contributed by atoms with Gasteiger partial charge in [0.2, 0.25) is 5.91 Å². The molecule has 1 aliphatic carbocycles. The lowest BCUT2D eigenvalue weighted by atomic mass is 9.91. The van der Waals surface area contributed by atoms with Crippen LogP contribution in [-0.4, -0.2) is 53.3 Å². The summed E-state index contributed by atoms with van der Waals surface area (Å²) >= 11 is 1.51. The van der Waals surface area contributed by atoms with Crippen LogP contribution in [-0.2, 0) is 14.3 Å². The number of benzene rings is 2. The van der Waals surface area contributed by atoms with Gasteiger partial charge in [-0.2, -0.15) is 11.8 Å². The van der Waals surface area contributed by atoms with Crippen molar-refractivity contribution < 1.29 is 24.2 Å². The summed E-state index contributed by atoms with van der Waals surface area (Å²) in [5, 5.41) is 14.8. The molecule has 0 radical (unpaired) electrons. The van der Waals surface area contributed by atoms with Crippen LogP contribution >= 0.6 is 11.8 Å². The second kappa shape index (κ2) is 11.4. The van der Waals surface area contributed by atoms with Gasteiger partial charge < -0.3 is 20.5 Å². The zero-order valence-corrected chi connectivity index (χ0v) is 20.6. The number of alkyl carbamates (subject to hydrolysis) is 1. The van der Waals surface area contributed by atoms with Crippen molar-refractivity contribution in [3.8, 4) is 11.1 Å². The number of ether oxygens (including phenoxy) is 1. The molecule has 182 valence electrons. The third kappa shape index (κ3) is 5.38. The Labute approximate surface area is 204 Å². The number of thioether (sulfide) groups is 1. The van der Waals surface area contributed by atoms with Crippen molar-refractivity contribution in [1.82, 2.24) is 10.6 Å². The van der Waals surface area contributed by atoms with E-state index in [-0.39, 0.29) is 12.5 Å². The van der Waals surface area contributed by atoms with Crippen molar-refractivity contribution in [2.45, 2.75) is 50.6 Å². The van der Waals surface area contributed by atoms with Gasteiger partial charge in [0.15, 0.2) is 0 Å². The first kappa shape index (κ1) is 25.6. The van der Waals surface area contributed by atoms with Gasteiger partial charge in [-0.1, -0.05) is 62.4 Å². The second-order valence-electron chi connectivity index (χ2n) is 8.39. The Morgan fingerprint density at radius 1 is 1.03 bits per heavy atom. The third-order valence-electron chi connectivity index (χ3n) is 6.54. The van der Waals surface area contributed by atoms with E-state index in [2.05, 4.69) is 22.8 Å². The van der Waals surface area contributed by atoms with E-state index >= 15 is 0 Å². The first-order valence-corrected chi connectivity index (χ1v) is 12.9. The normalized spacial score (nSPS) is 13.5. The first-order chi connectivity index (χ1) is 16.4. The molecule has 3 rings (SSSR count). The van der Waals surface area contributed by atoms with Gasteiger partial charge in [-0.15, -0.1) is 0 Å². The van der Waals surface area contributed by atoms with Crippen molar-refractivity contribution in [3.05, 3.63) is 59.7 Å². The van der Waals surface area contributed by atoms with Crippen LogP contribution in [0, 0.1) is 0 Å². The zero-order chi connectivity index (χ0) is 24.7. The minimum absolute atomic E-state index is 0.0902. The van der Waals surface area contributed by atoms with Crippen LogP contribution in [0.5, 0.6) is 0 Å². The summed E-state index contributed by atoms with van der Waals surface area (Å²) in [4.78, 5) is 37.5. The molecule has 0 aromatic heterocycles. The number of fused-ring (bicyclic) bond motifs is 3. The van der Waals surface area contributed by atoms with Gasteiger partial charge in [-0.25, -0.2) is 9.59 Å². The lowest BCUT2D eigenvalue weighted by Gasteiger charge is -2.32. The lowest BCUT2D eigenvalue weighted by Crippen LogP contribution is -2.60. The molecule has 8 heteroatoms. The smallest absolute Gasteiger partial charge is 0.408 e. The van der Waals surface area contributed by atoms with Gasteiger partial charge in [0.1, 0.15) is 18.2 Å². The maximum atomic E-state index is 13.1. The summed E-state index contributed by atoms with van der Waals surface area (Å²) in [6, 6.07) is 15.1. The standard InChI is InChI=1S/C26H32N2O5S/c1-4-26(5-2,24(31)27-22(23(29)30)14-15-34-3)28-25(32)33-16-21-19-12-8-6-10-17(19)18-11-7-9-13-20(18)21/h6-13,21-22H,4-5,14-16H2,1-3H3,(H,27,31)(H,28,32)(H,29,30)/t22-/m1/s1. The monoisotopic (exact) mass is 484 g/mol. The highest BCUT2D eigenvalue weighted by Gasteiger charge is 2.39. The quantitative estimate of drug-likeness (QED) is 0.437. The highest BCUT2D eigenvalue weighted by atomic mass is 32.2. The molecule has 0 saturated heterocycles. The molecular weight excluding hydrogens is 452 g/mol. The molecule has 0 unspecified atom stereocenters. The summed E-state index contributed by atoms with van der Waals surface area (Å²) in [6.07, 6.45) is 2.08. The molecule has 1 aliphatic rings. The van der Waals surface area contributed by atoms with E-state index in [1.54, 1.807) is 13.8 Å². The second-order valence-corrected chi connectivity index (χ2v) is 9.37. The van der Waals surface area contributed by atoms with Crippen LogP contribution in [0.2, 0.25) is 0 Å². The van der Waals surface area contributed by atoms with Crippen molar-refractivity contribution in [2.75, 3.05) is 18.6 Å². The van der Waals surface area contributed by atoms with Gasteiger partial charge in [0.25, 0.3) is 0 Å². The van der Waals surface area contributed by atoms with Gasteiger partial charge in [-0.3, -0.25) is 4.79 Å². The maximum absolute atomic E-state index is 13.1. The summed E-state index contributed by atoms with van der Waals surface area (Å²) in [6.45, 7) is 3.70. The van der Waals surface area contributed by atoms with Crippen LogP contribution < -0.4 is 10.6 Å². The molecule has 7 nitrogen and oxygen atoms in total. The van der Waals surface area contributed by atoms with Gasteiger partial charge in [-0.05, 0) is 53.5 Å². The first-order valence-electron chi connectivity index (χ1n) is 11.5. The minimum atomic E-state index is -1.25. The maximum Gasteiger partial charge on any atom is 0.408 e. The summed E-state index contributed by atoms with van der Waals surface area (Å²) in [5.41, 5.74) is 3.21. The number of nitrogens with one attached hydrogen (secondary N) is 2. The summed E-state index contributed by atoms with van der Waals surface area (Å²) < 4.78 is 5.62. The Kier molecular flexibility index (Phi) is 8.61. The molecule has 1 atom stereocenters. The summed E-state index contributed by atoms with van der Waals surface area (Å²) in [5.74, 6) is -1.10. The van der Waals surface area contributed by atoms with E-state index in [1.165, 1.54) is 11.8 Å². The molecule has 2 aromatic rings. The fourth-order valence-electron chi connectivity index (χ4n) is 4.42. The summed E-state index contributed by atoms with van der Waals surface area (Å²) in [7, 11) is 0. The van der Waals surface area contributed by atoms with Gasteiger partial charge >= 0.3 is 12.1 Å². The number of amides is 2. The van der Waals surface area contributed by atoms with E-state index < -0.39 is 29.6 Å². The van der Waals surface area contributed by atoms with Crippen LogP contribution in [0.4, 0.5) is 4.79 Å². The number of hydrogen-bond donors (Lipinski definition) is 3. The average molecular weight is 485 g/mol. The van der Waals surface area contributed by atoms with Gasteiger partial charge in [0.05, 0.1) is 0 Å². The number of rotatable bonds is 11. The number of carbonyl (C=O) groups excluding carboxylic acids is 2. The van der Waals surface area contributed by atoms with E-state index in [4.69, 9.17) is 4.74 Å². The Bertz CT molecular complexity index is 992. The molecule has 0 fully saturated rings. The number of carboxylic acid groups (broad SMARTS) is 1. The Morgan fingerprint density at radius 2 is 1.59 bits per heavy atom. The van der Waals surface area contributed by atoms with Crippen LogP contribution in [0.15, 0.2) is 48.5 Å². The SMILES string of the molecule is CCC(CC)(NC(=O)OCC1c2ccccc2-c2ccccc21)C(=O)N[C@H](CCSC)C(=O)O. The molecule has 0 heterocycles. The number of aliphatic carboxylic acids is 1. The van der Waals surface area contributed by atoms with Crippen molar-refractivity contribution >= 4 is 29.7 Å². The Morgan fingerprint density at radius 3 is 2.09 bits per heavy atom. The fraction of sp³-hybridized carbons (Fsp3) is 0.423. The molecule has 0 spiro atoms. The van der Waals surface area contributed by atoms with E-state index in [1.807, 2.05) is 42.7 Å². The Hall–Kier alpha value is -3.00. The van der Waals surface area contributed by atoms with Crippen LogP contribution in [0.25, 0.3) is 11.1 Å². The van der Waals surface area contributed by atoms with Crippen molar-refractivity contribution in [2.24, 2.45) is 0 Å². The van der Waals surface area contributed by atoms with Crippen LogP contribution in [0.3, 0.4) is 0 Å². The number of carboxylic acids is 1. The van der Waals surface area contributed by atoms with E-state index in [9.17, 15) is 19.5 Å². The highest BCUT2D eigenvalue weighted by molar-refractivity contribution is 7.98. The van der Waals surface area contributed by atoms with Gasteiger partial charge in [0, 0.05) is 5.92 Å². The minimum Gasteiger partial charge on any atom is -0.480 e. The van der Waals surface area contributed by atoms with E-state index in [0.29, 0.717) is 25.0 Å². The number of carbonyl (C=O) groups is 3. The number of hydrogen-bond acceptors (Lipinski definition) is 5. The van der Waals surface area contributed by atoms with Crippen molar-refractivity contribution in [1.29, 1.82) is 0 Å². The van der Waals surface area contributed by atoms with E-state index in [0.717, 1.165) is 22.3 Å². The molecule has 0 saturated carbocycles. The predicted molar refractivity (Wildman–Crippen MR) is 134 cm³/mol. The average Bonchev–Trinajstić information content (AvgIpc) is 3.17. The molecule has 3 N–H and O–H groups in total. The molecule has 0 bridgehead atoms. The fourth-order valence-corrected chi connectivity index (χ4v) is 4.90. The zero-order valence-electron chi connectivity index (χ0n) is 19.8. The molecule has 34 heavy (non-hydrogen) atoms. The lowest BCUT2D eigenvalue weighted by molar-refractivity contribution is -0.143. The van der Waals surface area contributed by atoms with Crippen LogP contribution in [0.1, 0.15) is 50.2 Å². The third-order valence-corrected chi connectivity index (χ3v) is 7.18. The Balaban J connectivity index is 1.69. The van der Waals surface area contributed by atoms with Crippen molar-refractivity contribution in [3.63, 3.8) is 0 Å². The molecule has 2 amide bonds. The predicted octanol–water partition coefficient (Wildman–Crippen LogP) is 4.41. The molecule has 0 aliphatic heterocycles. The largest absolute Gasteiger partial charge is 0.480 e. The topological polar surface area (TPSA) is 105 Å². The molecular formula is C26H32N2O5S.